The van der Waals surface area contributed by atoms with Crippen molar-refractivity contribution in [2.75, 3.05) is 13.1 Å². The Morgan fingerprint density at radius 2 is 2.07 bits per heavy atom. The number of nitrogens with one attached hydrogen (secondary N) is 1. The Kier molecular flexibility index (Phi) is 4.92. The van der Waals surface area contributed by atoms with Gasteiger partial charge in [0.25, 0.3) is 0 Å². The number of rotatable bonds is 5. The quantitative estimate of drug-likeness (QED) is 0.878. The molecule has 0 bridgehead atoms. The maximum absolute atomic E-state index is 14.3. The molecule has 4 rings (SSSR count). The first-order valence-electron chi connectivity index (χ1n) is 9.45. The zero-order chi connectivity index (χ0) is 18.8. The van der Waals surface area contributed by atoms with E-state index in [1.165, 1.54) is 12.4 Å². The highest BCUT2D eigenvalue weighted by atomic mass is 19.1. The van der Waals surface area contributed by atoms with Crippen LogP contribution in [0.3, 0.4) is 0 Å². The van der Waals surface area contributed by atoms with Gasteiger partial charge in [0.05, 0.1) is 17.9 Å². The molecule has 0 spiro atoms. The minimum absolute atomic E-state index is 0.0672. The average Bonchev–Trinajstić information content (AvgIpc) is 3.40. The molecule has 27 heavy (non-hydrogen) atoms. The predicted molar refractivity (Wildman–Crippen MR) is 97.4 cm³/mol. The van der Waals surface area contributed by atoms with Gasteiger partial charge in [-0.2, -0.15) is 0 Å². The van der Waals surface area contributed by atoms with Crippen LogP contribution in [-0.2, 0) is 16.1 Å². The van der Waals surface area contributed by atoms with E-state index in [9.17, 15) is 14.0 Å². The molecule has 142 valence electrons. The minimum atomic E-state index is -0.362. The summed E-state index contributed by atoms with van der Waals surface area (Å²) in [6, 6.07) is 4.90. The van der Waals surface area contributed by atoms with Crippen LogP contribution in [0.5, 0.6) is 0 Å². The van der Waals surface area contributed by atoms with Gasteiger partial charge in [-0.05, 0) is 43.4 Å². The number of amides is 2. The number of piperidine rings is 1. The van der Waals surface area contributed by atoms with E-state index in [1.54, 1.807) is 29.1 Å². The molecule has 1 saturated heterocycles. The van der Waals surface area contributed by atoms with E-state index in [4.69, 9.17) is 0 Å². The standard InChI is InChI=1S/C20H23FN4O2/c21-17-10-14(3-6-18(17)25-9-7-22-13-25)11-23-19(26)16-2-1-8-24(12-16)20(27)15-4-5-15/h3,6-7,9-10,13,15-16H,1-2,4-5,8,11-12H2,(H,23,26)/t16-/m0/s1. The summed E-state index contributed by atoms with van der Waals surface area (Å²) in [5.41, 5.74) is 1.12. The van der Waals surface area contributed by atoms with Gasteiger partial charge in [-0.25, -0.2) is 9.37 Å². The predicted octanol–water partition coefficient (Wildman–Crippen LogP) is 2.28. The number of imidazole rings is 1. The molecule has 0 radical (unpaired) electrons. The lowest BCUT2D eigenvalue weighted by Gasteiger charge is -2.32. The first-order chi connectivity index (χ1) is 13.1. The highest BCUT2D eigenvalue weighted by Gasteiger charge is 2.36. The maximum atomic E-state index is 14.3. The van der Waals surface area contributed by atoms with Crippen LogP contribution >= 0.6 is 0 Å². The van der Waals surface area contributed by atoms with Crippen molar-refractivity contribution in [3.05, 3.63) is 48.3 Å². The number of hydrogen-bond acceptors (Lipinski definition) is 3. The largest absolute Gasteiger partial charge is 0.352 e. The third-order valence-corrected chi connectivity index (χ3v) is 5.29. The van der Waals surface area contributed by atoms with E-state index >= 15 is 0 Å². The summed E-state index contributed by atoms with van der Waals surface area (Å²) in [6.07, 6.45) is 8.41. The van der Waals surface area contributed by atoms with Crippen molar-refractivity contribution < 1.29 is 14.0 Å². The summed E-state index contributed by atoms with van der Waals surface area (Å²) in [4.78, 5) is 30.5. The third kappa shape index (κ3) is 4.02. The van der Waals surface area contributed by atoms with Crippen molar-refractivity contribution >= 4 is 11.8 Å². The fourth-order valence-corrected chi connectivity index (χ4v) is 3.58. The number of benzene rings is 1. The minimum Gasteiger partial charge on any atom is -0.352 e. The monoisotopic (exact) mass is 370 g/mol. The van der Waals surface area contributed by atoms with E-state index in [-0.39, 0.29) is 36.0 Å². The molecular weight excluding hydrogens is 347 g/mol. The smallest absolute Gasteiger partial charge is 0.225 e. The Morgan fingerprint density at radius 1 is 1.22 bits per heavy atom. The summed E-state index contributed by atoms with van der Waals surface area (Å²) in [5, 5.41) is 2.89. The zero-order valence-corrected chi connectivity index (χ0v) is 15.1. The summed E-state index contributed by atoms with van der Waals surface area (Å²) < 4.78 is 15.9. The molecule has 2 aliphatic rings. The lowest BCUT2D eigenvalue weighted by molar-refractivity contribution is -0.136. The first kappa shape index (κ1) is 17.7. The Bertz CT molecular complexity index is 833. The second kappa shape index (κ2) is 7.50. The first-order valence-corrected chi connectivity index (χ1v) is 9.45. The molecule has 2 fully saturated rings. The summed E-state index contributed by atoms with van der Waals surface area (Å²) in [6.45, 7) is 1.52. The van der Waals surface area contributed by atoms with Gasteiger partial charge in [-0.1, -0.05) is 6.07 Å². The molecule has 2 amide bonds. The highest BCUT2D eigenvalue weighted by molar-refractivity contribution is 5.83. The third-order valence-electron chi connectivity index (χ3n) is 5.29. The number of aromatic nitrogens is 2. The van der Waals surface area contributed by atoms with Gasteiger partial charge in [0.1, 0.15) is 5.82 Å². The molecule has 6 nitrogen and oxygen atoms in total. The summed E-state index contributed by atoms with van der Waals surface area (Å²) >= 11 is 0. The van der Waals surface area contributed by atoms with Crippen molar-refractivity contribution in [2.24, 2.45) is 11.8 Å². The number of nitrogens with zero attached hydrogens (tertiary/aromatic N) is 3. The van der Waals surface area contributed by atoms with E-state index in [0.717, 1.165) is 32.2 Å². The van der Waals surface area contributed by atoms with Crippen LogP contribution in [0.15, 0.2) is 36.9 Å². The second-order valence-electron chi connectivity index (χ2n) is 7.37. The molecule has 1 atom stereocenters. The number of halogens is 1. The van der Waals surface area contributed by atoms with Gasteiger partial charge in [0.15, 0.2) is 0 Å². The van der Waals surface area contributed by atoms with E-state index in [1.807, 2.05) is 4.90 Å². The highest BCUT2D eigenvalue weighted by Crippen LogP contribution is 2.32. The normalized spacial score (nSPS) is 19.7. The Balaban J connectivity index is 1.33. The van der Waals surface area contributed by atoms with E-state index in [0.29, 0.717) is 17.8 Å². The van der Waals surface area contributed by atoms with Crippen molar-refractivity contribution in [1.82, 2.24) is 19.8 Å². The summed E-state index contributed by atoms with van der Waals surface area (Å²) in [7, 11) is 0. The van der Waals surface area contributed by atoms with Crippen LogP contribution in [-0.4, -0.2) is 39.4 Å². The number of carbonyl (C=O) groups excluding carboxylic acids is 2. The molecule has 1 N–H and O–H groups in total. The Labute approximate surface area is 157 Å². The van der Waals surface area contributed by atoms with Gasteiger partial charge >= 0.3 is 0 Å². The molecule has 0 unspecified atom stereocenters. The van der Waals surface area contributed by atoms with Gasteiger partial charge in [-0.15, -0.1) is 0 Å². The number of likely N-dealkylation sites (tertiary alicyclic amines) is 1. The number of hydrogen-bond donors (Lipinski definition) is 1. The zero-order valence-electron chi connectivity index (χ0n) is 15.1. The van der Waals surface area contributed by atoms with Crippen LogP contribution in [0.4, 0.5) is 4.39 Å². The van der Waals surface area contributed by atoms with Gasteiger partial charge in [-0.3, -0.25) is 9.59 Å². The Morgan fingerprint density at radius 3 is 2.78 bits per heavy atom. The van der Waals surface area contributed by atoms with Crippen molar-refractivity contribution in [3.63, 3.8) is 0 Å². The van der Waals surface area contributed by atoms with Crippen LogP contribution in [0.25, 0.3) is 5.69 Å². The van der Waals surface area contributed by atoms with Crippen LogP contribution < -0.4 is 5.32 Å². The second-order valence-corrected chi connectivity index (χ2v) is 7.37. The fraction of sp³-hybridized carbons (Fsp3) is 0.450. The van der Waals surface area contributed by atoms with Crippen molar-refractivity contribution in [3.8, 4) is 5.69 Å². The van der Waals surface area contributed by atoms with Crippen molar-refractivity contribution in [2.45, 2.75) is 32.2 Å². The molecule has 7 heteroatoms. The van der Waals surface area contributed by atoms with Gasteiger partial charge in [0.2, 0.25) is 11.8 Å². The van der Waals surface area contributed by atoms with Gasteiger partial charge in [0, 0.05) is 37.9 Å². The van der Waals surface area contributed by atoms with Crippen LogP contribution in [0, 0.1) is 17.7 Å². The molecule has 1 saturated carbocycles. The molecule has 1 aliphatic carbocycles. The molecule has 2 heterocycles. The van der Waals surface area contributed by atoms with E-state index < -0.39 is 0 Å². The van der Waals surface area contributed by atoms with Gasteiger partial charge < -0.3 is 14.8 Å². The molecule has 2 aromatic rings. The SMILES string of the molecule is O=C(NCc1ccc(-n2ccnc2)c(F)c1)[C@H]1CCCN(C(=O)C2CC2)C1. The van der Waals surface area contributed by atoms with Crippen molar-refractivity contribution in [1.29, 1.82) is 0 Å². The topological polar surface area (TPSA) is 67.2 Å². The van der Waals surface area contributed by atoms with Crippen LogP contribution in [0.2, 0.25) is 0 Å². The molecule has 1 aliphatic heterocycles. The molecule has 1 aromatic carbocycles. The molecule has 1 aromatic heterocycles. The maximum Gasteiger partial charge on any atom is 0.225 e. The van der Waals surface area contributed by atoms with E-state index in [2.05, 4.69) is 10.3 Å². The lowest BCUT2D eigenvalue weighted by atomic mass is 9.96. The average molecular weight is 370 g/mol. The fourth-order valence-electron chi connectivity index (χ4n) is 3.58. The summed E-state index contributed by atoms with van der Waals surface area (Å²) in [5.74, 6) is -0.231. The Hall–Kier alpha value is -2.70. The number of carbonyl (C=O) groups is 2. The van der Waals surface area contributed by atoms with Crippen LogP contribution in [0.1, 0.15) is 31.2 Å². The molecular formula is C20H23FN4O2. The lowest BCUT2D eigenvalue weighted by Crippen LogP contribution is -2.45.